The Labute approximate surface area is 149 Å². The van der Waals surface area contributed by atoms with Crippen molar-refractivity contribution in [2.75, 3.05) is 12.8 Å². The van der Waals surface area contributed by atoms with Crippen molar-refractivity contribution in [3.8, 4) is 0 Å². The molecule has 0 N–H and O–H groups in total. The Morgan fingerprint density at radius 2 is 1.48 bits per heavy atom. The van der Waals surface area contributed by atoms with Gasteiger partial charge in [0.1, 0.15) is 12.3 Å². The highest BCUT2D eigenvalue weighted by atomic mass is 31.1. The molecule has 0 bridgehead atoms. The molecule has 3 aromatic rings. The van der Waals surface area contributed by atoms with Crippen LogP contribution < -0.4 is 10.6 Å². The third kappa shape index (κ3) is 3.78. The minimum Gasteiger partial charge on any atom is -0.474 e. The summed E-state index contributed by atoms with van der Waals surface area (Å²) in [7, 11) is -0.457. The second-order valence-electron chi connectivity index (χ2n) is 5.90. The molecule has 0 aliphatic carbocycles. The summed E-state index contributed by atoms with van der Waals surface area (Å²) in [6, 6.07) is 27.4. The number of aromatic nitrogens is 1. The molecule has 4 rings (SSSR count). The predicted molar refractivity (Wildman–Crippen MR) is 104 cm³/mol. The Bertz CT molecular complexity index is 798. The normalized spacial score (nSPS) is 16.5. The molecular formula is C21H19N2OP. The van der Waals surface area contributed by atoms with Gasteiger partial charge in [0, 0.05) is 12.4 Å². The monoisotopic (exact) mass is 346 g/mol. The van der Waals surface area contributed by atoms with Gasteiger partial charge in [-0.1, -0.05) is 66.7 Å². The van der Waals surface area contributed by atoms with Crippen LogP contribution in [-0.2, 0) is 4.74 Å². The first-order chi connectivity index (χ1) is 12.4. The fourth-order valence-corrected chi connectivity index (χ4v) is 5.32. The summed E-state index contributed by atoms with van der Waals surface area (Å²) in [5, 5.41) is 2.76. The van der Waals surface area contributed by atoms with Crippen molar-refractivity contribution >= 4 is 24.4 Å². The molecule has 1 aliphatic rings. The average molecular weight is 346 g/mol. The quantitative estimate of drug-likeness (QED) is 0.664. The van der Waals surface area contributed by atoms with E-state index >= 15 is 0 Å². The first kappa shape index (κ1) is 16.0. The molecule has 124 valence electrons. The molecule has 0 fully saturated rings. The Morgan fingerprint density at radius 1 is 0.840 bits per heavy atom. The van der Waals surface area contributed by atoms with E-state index in [1.165, 1.54) is 10.6 Å². The first-order valence-corrected chi connectivity index (χ1v) is 9.92. The van der Waals surface area contributed by atoms with E-state index in [2.05, 4.69) is 65.6 Å². The van der Waals surface area contributed by atoms with Crippen LogP contribution in [0.1, 0.15) is 5.69 Å². The van der Waals surface area contributed by atoms with E-state index < -0.39 is 7.92 Å². The first-order valence-electron chi connectivity index (χ1n) is 8.40. The van der Waals surface area contributed by atoms with Gasteiger partial charge in [0.05, 0.1) is 6.04 Å². The molecule has 0 saturated heterocycles. The van der Waals surface area contributed by atoms with Crippen molar-refractivity contribution < 1.29 is 4.74 Å². The van der Waals surface area contributed by atoms with Crippen molar-refractivity contribution in [3.05, 3.63) is 90.8 Å². The summed E-state index contributed by atoms with van der Waals surface area (Å²) >= 11 is 0. The van der Waals surface area contributed by atoms with E-state index in [1.54, 1.807) is 6.20 Å². The standard InChI is InChI=1S/C21H19N2OP/c1-3-9-18(10-4-1)25(19-11-5-2-6-12-19)16-17-15-24-21(23-17)20-13-7-8-14-22-20/h1-14,17H,15-16H2. The van der Waals surface area contributed by atoms with E-state index in [0.717, 1.165) is 11.9 Å². The fourth-order valence-electron chi connectivity index (χ4n) is 2.92. The zero-order valence-electron chi connectivity index (χ0n) is 13.8. The van der Waals surface area contributed by atoms with Gasteiger partial charge < -0.3 is 4.74 Å². The van der Waals surface area contributed by atoms with Crippen LogP contribution in [0.25, 0.3) is 0 Å². The molecule has 4 heteroatoms. The van der Waals surface area contributed by atoms with Crippen molar-refractivity contribution in [1.82, 2.24) is 4.98 Å². The van der Waals surface area contributed by atoms with E-state index in [4.69, 9.17) is 9.73 Å². The lowest BCUT2D eigenvalue weighted by atomic mass is 10.3. The van der Waals surface area contributed by atoms with Gasteiger partial charge in [0.15, 0.2) is 0 Å². The molecule has 0 saturated carbocycles. The second kappa shape index (κ2) is 7.58. The number of hydrogen-bond acceptors (Lipinski definition) is 3. The number of nitrogens with zero attached hydrogens (tertiary/aromatic N) is 2. The Kier molecular flexibility index (Phi) is 4.85. The summed E-state index contributed by atoms with van der Waals surface area (Å²) in [6.07, 6.45) is 2.76. The molecule has 1 aliphatic heterocycles. The third-order valence-corrected chi connectivity index (χ3v) is 6.75. The summed E-state index contributed by atoms with van der Waals surface area (Å²) in [5.41, 5.74) is 0.814. The highest BCUT2D eigenvalue weighted by Gasteiger charge is 2.25. The number of rotatable bonds is 5. The van der Waals surface area contributed by atoms with Gasteiger partial charge in [-0.15, -0.1) is 0 Å². The van der Waals surface area contributed by atoms with Gasteiger partial charge in [0.25, 0.3) is 0 Å². The molecule has 1 aromatic heterocycles. The molecule has 1 unspecified atom stereocenters. The van der Waals surface area contributed by atoms with Crippen LogP contribution in [0.15, 0.2) is 90.1 Å². The molecule has 3 nitrogen and oxygen atoms in total. The highest BCUT2D eigenvalue weighted by Crippen LogP contribution is 2.35. The number of hydrogen-bond donors (Lipinski definition) is 0. The van der Waals surface area contributed by atoms with Crippen LogP contribution in [0.3, 0.4) is 0 Å². The van der Waals surface area contributed by atoms with Crippen LogP contribution in [0.5, 0.6) is 0 Å². The lowest BCUT2D eigenvalue weighted by Crippen LogP contribution is -2.21. The number of ether oxygens (including phenoxy) is 1. The fraction of sp³-hybridized carbons (Fsp3) is 0.143. The number of benzene rings is 2. The van der Waals surface area contributed by atoms with Crippen molar-refractivity contribution in [2.45, 2.75) is 6.04 Å². The third-order valence-electron chi connectivity index (χ3n) is 4.13. The Hall–Kier alpha value is -2.51. The van der Waals surface area contributed by atoms with Gasteiger partial charge in [0.2, 0.25) is 5.90 Å². The van der Waals surface area contributed by atoms with Gasteiger partial charge in [-0.05, 0) is 30.7 Å². The van der Waals surface area contributed by atoms with Crippen LogP contribution in [0, 0.1) is 0 Å². The maximum Gasteiger partial charge on any atom is 0.235 e. The maximum atomic E-state index is 5.82. The van der Waals surface area contributed by atoms with Crippen LogP contribution in [0.4, 0.5) is 0 Å². The summed E-state index contributed by atoms with van der Waals surface area (Å²) in [6.45, 7) is 0.629. The lowest BCUT2D eigenvalue weighted by molar-refractivity contribution is 0.324. The number of aliphatic imine (C=N–C) groups is 1. The minimum atomic E-state index is -0.457. The Balaban J connectivity index is 1.59. The molecule has 0 amide bonds. The lowest BCUT2D eigenvalue weighted by Gasteiger charge is -2.20. The zero-order chi connectivity index (χ0) is 16.9. The van der Waals surface area contributed by atoms with Gasteiger partial charge >= 0.3 is 0 Å². The van der Waals surface area contributed by atoms with Crippen molar-refractivity contribution in [2.24, 2.45) is 4.99 Å². The topological polar surface area (TPSA) is 34.5 Å². The maximum absolute atomic E-state index is 5.82. The molecule has 2 aromatic carbocycles. The molecule has 0 spiro atoms. The zero-order valence-corrected chi connectivity index (χ0v) is 14.7. The van der Waals surface area contributed by atoms with Crippen LogP contribution >= 0.6 is 7.92 Å². The minimum absolute atomic E-state index is 0.170. The predicted octanol–water partition coefficient (Wildman–Crippen LogP) is 3.36. The number of pyridine rings is 1. The molecule has 25 heavy (non-hydrogen) atoms. The summed E-state index contributed by atoms with van der Waals surface area (Å²) in [4.78, 5) is 9.14. The average Bonchev–Trinajstić information content (AvgIpc) is 3.17. The van der Waals surface area contributed by atoms with Crippen LogP contribution in [-0.4, -0.2) is 29.7 Å². The van der Waals surface area contributed by atoms with Crippen molar-refractivity contribution in [3.63, 3.8) is 0 Å². The largest absolute Gasteiger partial charge is 0.474 e. The molecule has 2 heterocycles. The molecule has 1 atom stereocenters. The van der Waals surface area contributed by atoms with E-state index in [0.29, 0.717) is 12.5 Å². The summed E-state index contributed by atoms with van der Waals surface area (Å²) in [5.74, 6) is 0.668. The van der Waals surface area contributed by atoms with Gasteiger partial charge in [-0.2, -0.15) is 0 Å². The molecular weight excluding hydrogens is 327 g/mol. The highest BCUT2D eigenvalue weighted by molar-refractivity contribution is 7.73. The summed E-state index contributed by atoms with van der Waals surface area (Å²) < 4.78 is 5.82. The molecule has 0 radical (unpaired) electrons. The van der Waals surface area contributed by atoms with Crippen molar-refractivity contribution in [1.29, 1.82) is 0 Å². The Morgan fingerprint density at radius 3 is 2.08 bits per heavy atom. The van der Waals surface area contributed by atoms with E-state index in [1.807, 2.05) is 18.2 Å². The van der Waals surface area contributed by atoms with E-state index in [-0.39, 0.29) is 6.04 Å². The second-order valence-corrected chi connectivity index (χ2v) is 8.15. The smallest absolute Gasteiger partial charge is 0.235 e. The van der Waals surface area contributed by atoms with Crippen LogP contribution in [0.2, 0.25) is 0 Å². The SMILES string of the molecule is c1ccc(P(CC2COC(c3ccccn3)=N2)c2ccccc2)cc1. The van der Waals surface area contributed by atoms with Gasteiger partial charge in [-0.25, -0.2) is 4.99 Å². The van der Waals surface area contributed by atoms with Gasteiger partial charge in [-0.3, -0.25) is 4.98 Å². The van der Waals surface area contributed by atoms with E-state index in [9.17, 15) is 0 Å².